The average Bonchev–Trinajstić information content (AvgIpc) is 2.68. The van der Waals surface area contributed by atoms with Gasteiger partial charge in [0, 0.05) is 4.88 Å². The number of aliphatic hydroxyl groups excluding tert-OH is 2. The first-order valence-electron chi connectivity index (χ1n) is 4.23. The Kier molecular flexibility index (Phi) is 4.06. The molecule has 1 rings (SSSR count). The van der Waals surface area contributed by atoms with Gasteiger partial charge < -0.3 is 14.9 Å². The van der Waals surface area contributed by atoms with Crippen LogP contribution in [0.15, 0.2) is 17.5 Å². The zero-order chi connectivity index (χ0) is 10.6. The molecule has 0 aromatic carbocycles. The van der Waals surface area contributed by atoms with Gasteiger partial charge in [0.25, 0.3) is 0 Å². The first-order chi connectivity index (χ1) is 6.66. The molecule has 2 N–H and O–H groups in total. The van der Waals surface area contributed by atoms with Crippen LogP contribution >= 0.6 is 11.3 Å². The molecule has 0 saturated carbocycles. The van der Waals surface area contributed by atoms with Crippen molar-refractivity contribution in [2.24, 2.45) is 0 Å². The molecule has 78 valence electrons. The van der Waals surface area contributed by atoms with Gasteiger partial charge >= 0.3 is 5.97 Å². The van der Waals surface area contributed by atoms with E-state index in [0.29, 0.717) is 4.88 Å². The zero-order valence-electron chi connectivity index (χ0n) is 7.71. The van der Waals surface area contributed by atoms with Crippen molar-refractivity contribution in [3.8, 4) is 0 Å². The van der Waals surface area contributed by atoms with Gasteiger partial charge in [0.2, 0.25) is 0 Å². The highest BCUT2D eigenvalue weighted by molar-refractivity contribution is 7.10. The third-order valence-electron chi connectivity index (χ3n) is 1.66. The van der Waals surface area contributed by atoms with Crippen LogP contribution in [0.5, 0.6) is 0 Å². The molecule has 4 nitrogen and oxygen atoms in total. The van der Waals surface area contributed by atoms with Crippen molar-refractivity contribution in [2.75, 3.05) is 6.61 Å². The minimum atomic E-state index is -1.51. The molecule has 2 atom stereocenters. The van der Waals surface area contributed by atoms with Gasteiger partial charge in [-0.3, -0.25) is 0 Å². The van der Waals surface area contributed by atoms with Crippen LogP contribution in [0.25, 0.3) is 0 Å². The fraction of sp³-hybridized carbons (Fsp3) is 0.444. The molecule has 0 bridgehead atoms. The summed E-state index contributed by atoms with van der Waals surface area (Å²) in [4.78, 5) is 11.6. The molecule has 0 aliphatic heterocycles. The topological polar surface area (TPSA) is 66.8 Å². The third-order valence-corrected chi connectivity index (χ3v) is 2.60. The molecule has 0 aliphatic rings. The second kappa shape index (κ2) is 5.09. The van der Waals surface area contributed by atoms with Crippen molar-refractivity contribution in [1.29, 1.82) is 0 Å². The van der Waals surface area contributed by atoms with Crippen molar-refractivity contribution in [3.05, 3.63) is 22.4 Å². The number of thiophene rings is 1. The van der Waals surface area contributed by atoms with E-state index in [1.807, 2.05) is 0 Å². The number of carbonyl (C=O) groups excluding carboxylic acids is 1. The highest BCUT2D eigenvalue weighted by Crippen LogP contribution is 2.22. The van der Waals surface area contributed by atoms with E-state index < -0.39 is 18.2 Å². The molecule has 1 heterocycles. The molecule has 0 saturated heterocycles. The molecule has 0 fully saturated rings. The van der Waals surface area contributed by atoms with E-state index >= 15 is 0 Å². The number of rotatable bonds is 4. The van der Waals surface area contributed by atoms with Crippen molar-refractivity contribution in [1.82, 2.24) is 0 Å². The van der Waals surface area contributed by atoms with E-state index in [4.69, 9.17) is 0 Å². The second-order valence-electron chi connectivity index (χ2n) is 2.66. The largest absolute Gasteiger partial charge is 0.464 e. The first kappa shape index (κ1) is 11.2. The van der Waals surface area contributed by atoms with Crippen LogP contribution in [-0.4, -0.2) is 28.9 Å². The Labute approximate surface area is 85.8 Å². The van der Waals surface area contributed by atoms with E-state index in [2.05, 4.69) is 4.74 Å². The minimum Gasteiger partial charge on any atom is -0.464 e. The van der Waals surface area contributed by atoms with Gasteiger partial charge in [-0.05, 0) is 18.4 Å². The standard InChI is InChI=1S/C9H12O4S/c1-2-13-9(12)8(11)7(10)6-4-3-5-14-6/h3-5,7-8,10-11H,2H2,1H3/t7-,8+/m1/s1. The van der Waals surface area contributed by atoms with Crippen LogP contribution in [0.2, 0.25) is 0 Å². The van der Waals surface area contributed by atoms with Crippen LogP contribution in [-0.2, 0) is 9.53 Å². The van der Waals surface area contributed by atoms with Crippen molar-refractivity contribution >= 4 is 17.3 Å². The third kappa shape index (κ3) is 2.54. The minimum absolute atomic E-state index is 0.188. The van der Waals surface area contributed by atoms with E-state index in [0.717, 1.165) is 0 Å². The summed E-state index contributed by atoms with van der Waals surface area (Å²) in [5, 5.41) is 20.7. The lowest BCUT2D eigenvalue weighted by atomic mass is 10.2. The zero-order valence-corrected chi connectivity index (χ0v) is 8.53. The summed E-state index contributed by atoms with van der Waals surface area (Å²) >= 11 is 1.28. The van der Waals surface area contributed by atoms with E-state index in [9.17, 15) is 15.0 Å². The molecule has 0 radical (unpaired) electrons. The fourth-order valence-corrected chi connectivity index (χ4v) is 1.71. The molecule has 1 aromatic heterocycles. The van der Waals surface area contributed by atoms with Crippen LogP contribution in [0.1, 0.15) is 17.9 Å². The van der Waals surface area contributed by atoms with Crippen LogP contribution in [0.3, 0.4) is 0 Å². The van der Waals surface area contributed by atoms with Gasteiger partial charge in [0.05, 0.1) is 6.61 Å². The van der Waals surface area contributed by atoms with Crippen molar-refractivity contribution in [3.63, 3.8) is 0 Å². The predicted octanol–water partition coefficient (Wildman–Crippen LogP) is 0.706. The molecule has 1 aromatic rings. The van der Waals surface area contributed by atoms with Crippen molar-refractivity contribution in [2.45, 2.75) is 19.1 Å². The highest BCUT2D eigenvalue weighted by Gasteiger charge is 2.27. The Morgan fingerprint density at radius 3 is 2.86 bits per heavy atom. The lowest BCUT2D eigenvalue weighted by Crippen LogP contribution is -2.29. The number of hydrogen-bond acceptors (Lipinski definition) is 5. The van der Waals surface area contributed by atoms with Gasteiger partial charge in [0.1, 0.15) is 6.10 Å². The monoisotopic (exact) mass is 216 g/mol. The van der Waals surface area contributed by atoms with Gasteiger partial charge in [-0.25, -0.2) is 4.79 Å². The summed E-state index contributed by atoms with van der Waals surface area (Å²) < 4.78 is 4.58. The maximum Gasteiger partial charge on any atom is 0.338 e. The predicted molar refractivity (Wildman–Crippen MR) is 51.9 cm³/mol. The van der Waals surface area contributed by atoms with Gasteiger partial charge in [-0.1, -0.05) is 6.07 Å². The summed E-state index contributed by atoms with van der Waals surface area (Å²) in [5.41, 5.74) is 0. The molecule has 14 heavy (non-hydrogen) atoms. The van der Waals surface area contributed by atoms with E-state index in [1.165, 1.54) is 11.3 Å². The molecular formula is C9H12O4S. The number of carbonyl (C=O) groups is 1. The molecule has 0 spiro atoms. The van der Waals surface area contributed by atoms with Crippen molar-refractivity contribution < 1.29 is 19.7 Å². The fourth-order valence-electron chi connectivity index (χ4n) is 0.972. The average molecular weight is 216 g/mol. The molecular weight excluding hydrogens is 204 g/mol. The number of aliphatic hydroxyl groups is 2. The van der Waals surface area contributed by atoms with Gasteiger partial charge in [0.15, 0.2) is 6.10 Å². The maximum atomic E-state index is 11.1. The summed E-state index contributed by atoms with van der Waals surface area (Å²) in [7, 11) is 0. The van der Waals surface area contributed by atoms with Gasteiger partial charge in [-0.2, -0.15) is 0 Å². The van der Waals surface area contributed by atoms with Crippen LogP contribution in [0.4, 0.5) is 0 Å². The second-order valence-corrected chi connectivity index (χ2v) is 3.64. The Morgan fingerprint density at radius 2 is 2.36 bits per heavy atom. The van der Waals surface area contributed by atoms with E-state index in [1.54, 1.807) is 24.4 Å². The smallest absolute Gasteiger partial charge is 0.338 e. The van der Waals surface area contributed by atoms with E-state index in [-0.39, 0.29) is 6.61 Å². The summed E-state index contributed by atoms with van der Waals surface area (Å²) in [6.45, 7) is 1.83. The first-order valence-corrected chi connectivity index (χ1v) is 5.11. The normalized spacial score (nSPS) is 14.8. The summed E-state index contributed by atoms with van der Waals surface area (Å²) in [6, 6.07) is 3.39. The maximum absolute atomic E-state index is 11.1. The SMILES string of the molecule is CCOC(=O)[C@@H](O)[C@H](O)c1cccs1. The highest BCUT2D eigenvalue weighted by atomic mass is 32.1. The number of ether oxygens (including phenoxy) is 1. The molecule has 0 amide bonds. The summed E-state index contributed by atoms with van der Waals surface area (Å²) in [6.07, 6.45) is -2.71. The molecule has 5 heteroatoms. The lowest BCUT2D eigenvalue weighted by molar-refractivity contribution is -0.159. The quantitative estimate of drug-likeness (QED) is 0.727. The van der Waals surface area contributed by atoms with Crippen LogP contribution in [0, 0.1) is 0 Å². The Balaban J connectivity index is 2.61. The Bertz CT molecular complexity index is 283. The Hall–Kier alpha value is -0.910. The molecule has 0 aliphatic carbocycles. The number of esters is 1. The summed E-state index contributed by atoms with van der Waals surface area (Å²) in [5.74, 6) is -0.798. The molecule has 0 unspecified atom stereocenters. The Morgan fingerprint density at radius 1 is 1.64 bits per heavy atom. The van der Waals surface area contributed by atoms with Crippen LogP contribution < -0.4 is 0 Å². The lowest BCUT2D eigenvalue weighted by Gasteiger charge is -2.14. The van der Waals surface area contributed by atoms with Gasteiger partial charge in [-0.15, -0.1) is 11.3 Å². The number of hydrogen-bond donors (Lipinski definition) is 2.